The van der Waals surface area contributed by atoms with Crippen LogP contribution in [0.15, 0.2) is 48.5 Å². The van der Waals surface area contributed by atoms with Crippen molar-refractivity contribution in [1.82, 2.24) is 10.6 Å². The molecule has 0 spiro atoms. The Kier molecular flexibility index (Phi) is 6.35. The fraction of sp³-hybridized carbons (Fsp3) is 0.235. The number of halogens is 1. The monoisotopic (exact) mass is 365 g/mol. The maximum absolute atomic E-state index is 13.5. The Morgan fingerprint density at radius 1 is 1.08 bits per heavy atom. The van der Waals surface area contributed by atoms with E-state index in [2.05, 4.69) is 15.4 Å². The summed E-state index contributed by atoms with van der Waals surface area (Å²) in [5.41, 5.74) is 1.72. The Balaban J connectivity index is 1.78. The highest BCUT2D eigenvalue weighted by molar-refractivity contribution is 7.92. The molecule has 0 saturated heterocycles. The summed E-state index contributed by atoms with van der Waals surface area (Å²) in [6.45, 7) is 0.549. The van der Waals surface area contributed by atoms with Gasteiger partial charge in [0.2, 0.25) is 10.0 Å². The lowest BCUT2D eigenvalue weighted by Gasteiger charge is -2.10. The molecule has 0 heterocycles. The Hall–Kier alpha value is -2.61. The SMILES string of the molecule is CS(=O)(=O)Nc1cccc(CNC(=O)NCCc2ccccc2F)c1. The van der Waals surface area contributed by atoms with E-state index in [9.17, 15) is 17.6 Å². The van der Waals surface area contributed by atoms with Gasteiger partial charge in [-0.05, 0) is 35.7 Å². The van der Waals surface area contributed by atoms with Crippen LogP contribution < -0.4 is 15.4 Å². The molecule has 2 rings (SSSR count). The molecule has 134 valence electrons. The van der Waals surface area contributed by atoms with Gasteiger partial charge in [0.25, 0.3) is 0 Å². The fourth-order valence-electron chi connectivity index (χ4n) is 2.22. The molecule has 0 fully saturated rings. The first-order chi connectivity index (χ1) is 11.8. The van der Waals surface area contributed by atoms with E-state index < -0.39 is 10.0 Å². The molecule has 0 unspecified atom stereocenters. The quantitative estimate of drug-likeness (QED) is 0.703. The van der Waals surface area contributed by atoms with E-state index in [1.165, 1.54) is 6.07 Å². The summed E-state index contributed by atoms with van der Waals surface area (Å²) in [6, 6.07) is 12.8. The van der Waals surface area contributed by atoms with Crippen LogP contribution in [-0.4, -0.2) is 27.2 Å². The van der Waals surface area contributed by atoms with Gasteiger partial charge >= 0.3 is 6.03 Å². The first-order valence-electron chi connectivity index (χ1n) is 7.65. The highest BCUT2D eigenvalue weighted by atomic mass is 32.2. The number of carbonyl (C=O) groups excluding carboxylic acids is 1. The van der Waals surface area contributed by atoms with Crippen LogP contribution in [0.5, 0.6) is 0 Å². The van der Waals surface area contributed by atoms with Gasteiger partial charge in [0.05, 0.1) is 6.26 Å². The van der Waals surface area contributed by atoms with Crippen molar-refractivity contribution < 1.29 is 17.6 Å². The molecule has 0 aromatic heterocycles. The summed E-state index contributed by atoms with van der Waals surface area (Å²) >= 11 is 0. The van der Waals surface area contributed by atoms with Crippen molar-refractivity contribution in [3.05, 3.63) is 65.5 Å². The Morgan fingerprint density at radius 3 is 2.56 bits per heavy atom. The number of urea groups is 1. The average Bonchev–Trinajstić information content (AvgIpc) is 2.53. The normalized spacial score (nSPS) is 11.0. The van der Waals surface area contributed by atoms with Crippen LogP contribution in [0.25, 0.3) is 0 Å². The standard InChI is InChI=1S/C17H20FN3O3S/c1-25(23,24)21-15-7-4-5-13(11-15)12-20-17(22)19-10-9-14-6-2-3-8-16(14)18/h2-8,11,21H,9-10,12H2,1H3,(H2,19,20,22). The second-order valence-electron chi connectivity index (χ2n) is 5.53. The molecule has 0 aliphatic carbocycles. The van der Waals surface area contributed by atoms with Crippen LogP contribution in [-0.2, 0) is 23.0 Å². The molecule has 0 atom stereocenters. The van der Waals surface area contributed by atoms with Gasteiger partial charge in [-0.1, -0.05) is 30.3 Å². The number of amides is 2. The molecule has 6 nitrogen and oxygen atoms in total. The van der Waals surface area contributed by atoms with Crippen molar-refractivity contribution in [1.29, 1.82) is 0 Å². The second kappa shape index (κ2) is 8.48. The number of anilines is 1. The number of sulfonamides is 1. The van der Waals surface area contributed by atoms with Gasteiger partial charge in [0, 0.05) is 18.8 Å². The summed E-state index contributed by atoms with van der Waals surface area (Å²) in [5, 5.41) is 5.32. The second-order valence-corrected chi connectivity index (χ2v) is 7.27. The summed E-state index contributed by atoms with van der Waals surface area (Å²) in [4.78, 5) is 11.8. The average molecular weight is 365 g/mol. The molecule has 0 aliphatic heterocycles. The smallest absolute Gasteiger partial charge is 0.315 e. The van der Waals surface area contributed by atoms with Crippen LogP contribution in [0.3, 0.4) is 0 Å². The first-order valence-corrected chi connectivity index (χ1v) is 9.54. The molecule has 0 saturated carbocycles. The Bertz CT molecular complexity index is 841. The molecule has 25 heavy (non-hydrogen) atoms. The highest BCUT2D eigenvalue weighted by Crippen LogP contribution is 2.11. The minimum absolute atomic E-state index is 0.241. The summed E-state index contributed by atoms with van der Waals surface area (Å²) in [6.07, 6.45) is 1.47. The summed E-state index contributed by atoms with van der Waals surface area (Å²) in [5.74, 6) is -0.292. The van der Waals surface area contributed by atoms with Crippen molar-refractivity contribution in [3.8, 4) is 0 Å². The van der Waals surface area contributed by atoms with E-state index in [0.717, 1.165) is 11.8 Å². The maximum atomic E-state index is 13.5. The first kappa shape index (κ1) is 18.7. The van der Waals surface area contributed by atoms with Crippen molar-refractivity contribution in [2.24, 2.45) is 0 Å². The van der Waals surface area contributed by atoms with E-state index in [-0.39, 0.29) is 18.4 Å². The molecule has 8 heteroatoms. The van der Waals surface area contributed by atoms with Gasteiger partial charge in [-0.2, -0.15) is 0 Å². The summed E-state index contributed by atoms with van der Waals surface area (Å²) < 4.78 is 38.3. The minimum atomic E-state index is -3.35. The van der Waals surface area contributed by atoms with Gasteiger partial charge in [0.1, 0.15) is 5.82 Å². The third-order valence-corrected chi connectivity index (χ3v) is 3.93. The van der Waals surface area contributed by atoms with E-state index in [4.69, 9.17) is 0 Å². The maximum Gasteiger partial charge on any atom is 0.315 e. The molecule has 2 aromatic carbocycles. The van der Waals surface area contributed by atoms with Gasteiger partial charge in [-0.3, -0.25) is 4.72 Å². The Morgan fingerprint density at radius 2 is 1.84 bits per heavy atom. The van der Waals surface area contributed by atoms with Crippen molar-refractivity contribution >= 4 is 21.7 Å². The topological polar surface area (TPSA) is 87.3 Å². The lowest BCUT2D eigenvalue weighted by molar-refractivity contribution is 0.240. The zero-order valence-electron chi connectivity index (χ0n) is 13.8. The van der Waals surface area contributed by atoms with Crippen molar-refractivity contribution in [2.45, 2.75) is 13.0 Å². The largest absolute Gasteiger partial charge is 0.338 e. The van der Waals surface area contributed by atoms with Gasteiger partial charge in [0.15, 0.2) is 0 Å². The van der Waals surface area contributed by atoms with Crippen LogP contribution in [0, 0.1) is 5.82 Å². The molecular weight excluding hydrogens is 345 g/mol. The summed E-state index contributed by atoms with van der Waals surface area (Å²) in [7, 11) is -3.35. The lowest BCUT2D eigenvalue weighted by atomic mass is 10.1. The van der Waals surface area contributed by atoms with E-state index in [0.29, 0.717) is 24.2 Å². The number of benzene rings is 2. The number of hydrogen-bond acceptors (Lipinski definition) is 3. The number of hydrogen-bond donors (Lipinski definition) is 3. The molecular formula is C17H20FN3O3S. The van der Waals surface area contributed by atoms with Crippen molar-refractivity contribution in [3.63, 3.8) is 0 Å². The van der Waals surface area contributed by atoms with Crippen LogP contribution >= 0.6 is 0 Å². The molecule has 3 N–H and O–H groups in total. The number of carbonyl (C=O) groups is 1. The van der Waals surface area contributed by atoms with Crippen molar-refractivity contribution in [2.75, 3.05) is 17.5 Å². The zero-order valence-corrected chi connectivity index (χ0v) is 14.6. The number of rotatable bonds is 7. The fourth-order valence-corrected chi connectivity index (χ4v) is 2.77. The zero-order chi connectivity index (χ0) is 18.3. The molecule has 2 amide bonds. The molecule has 2 aromatic rings. The van der Waals surface area contributed by atoms with Gasteiger partial charge in [-0.25, -0.2) is 17.6 Å². The predicted molar refractivity (Wildman–Crippen MR) is 95.3 cm³/mol. The third-order valence-electron chi connectivity index (χ3n) is 3.32. The lowest BCUT2D eigenvalue weighted by Crippen LogP contribution is -2.36. The third kappa shape index (κ3) is 6.80. The molecule has 0 aliphatic rings. The van der Waals surface area contributed by atoms with Gasteiger partial charge in [-0.15, -0.1) is 0 Å². The van der Waals surface area contributed by atoms with E-state index in [1.807, 2.05) is 0 Å². The van der Waals surface area contributed by atoms with Crippen LogP contribution in [0.1, 0.15) is 11.1 Å². The highest BCUT2D eigenvalue weighted by Gasteiger charge is 2.05. The number of nitrogens with one attached hydrogen (secondary N) is 3. The minimum Gasteiger partial charge on any atom is -0.338 e. The predicted octanol–water partition coefficient (Wildman–Crippen LogP) is 2.24. The van der Waals surface area contributed by atoms with Gasteiger partial charge < -0.3 is 10.6 Å². The van der Waals surface area contributed by atoms with E-state index in [1.54, 1.807) is 42.5 Å². The Labute approximate surface area is 146 Å². The molecule has 0 bridgehead atoms. The van der Waals surface area contributed by atoms with Crippen LogP contribution in [0.4, 0.5) is 14.9 Å². The van der Waals surface area contributed by atoms with Crippen LogP contribution in [0.2, 0.25) is 0 Å². The van der Waals surface area contributed by atoms with E-state index >= 15 is 0 Å². The molecule has 0 radical (unpaired) electrons.